The summed E-state index contributed by atoms with van der Waals surface area (Å²) in [4.78, 5) is 5.58. The predicted molar refractivity (Wildman–Crippen MR) is 82.4 cm³/mol. The number of hydrogen-bond acceptors (Lipinski definition) is 3. The molecule has 18 heavy (non-hydrogen) atoms. The maximum atomic E-state index is 2.80. The van der Waals surface area contributed by atoms with E-state index in [-0.39, 0.29) is 0 Å². The summed E-state index contributed by atoms with van der Waals surface area (Å²) in [7, 11) is 0. The van der Waals surface area contributed by atoms with Crippen molar-refractivity contribution in [2.24, 2.45) is 5.92 Å². The maximum absolute atomic E-state index is 2.80. The molecule has 2 nitrogen and oxygen atoms in total. The number of thioether (sulfide) groups is 1. The Morgan fingerprint density at radius 3 is 2.78 bits per heavy atom. The monoisotopic (exact) mass is 270 g/mol. The van der Waals surface area contributed by atoms with Crippen LogP contribution in [0, 0.1) is 5.92 Å². The number of piperazine rings is 1. The lowest BCUT2D eigenvalue weighted by Crippen LogP contribution is -2.61. The van der Waals surface area contributed by atoms with Crippen LogP contribution in [0.15, 0.2) is 0 Å². The molecule has 0 N–H and O–H groups in total. The van der Waals surface area contributed by atoms with E-state index in [2.05, 4.69) is 29.9 Å². The van der Waals surface area contributed by atoms with Crippen molar-refractivity contribution in [3.8, 4) is 0 Å². The van der Waals surface area contributed by atoms with Crippen LogP contribution < -0.4 is 0 Å². The van der Waals surface area contributed by atoms with Crippen LogP contribution >= 0.6 is 11.8 Å². The molecule has 0 saturated carbocycles. The van der Waals surface area contributed by atoms with Gasteiger partial charge in [-0.05, 0) is 50.3 Å². The molecule has 0 spiro atoms. The first-order chi connectivity index (χ1) is 8.72. The molecule has 2 atom stereocenters. The average molecular weight is 270 g/mol. The summed E-state index contributed by atoms with van der Waals surface area (Å²) < 4.78 is 0. The third-order valence-electron chi connectivity index (χ3n) is 4.65. The molecule has 2 aliphatic rings. The Bertz CT molecular complexity index is 245. The fourth-order valence-corrected chi connectivity index (χ4v) is 3.99. The van der Waals surface area contributed by atoms with Crippen LogP contribution in [0.2, 0.25) is 0 Å². The zero-order valence-electron chi connectivity index (χ0n) is 12.4. The summed E-state index contributed by atoms with van der Waals surface area (Å²) in [6, 6.07) is 1.66. The van der Waals surface area contributed by atoms with Gasteiger partial charge in [0.05, 0.1) is 0 Å². The fraction of sp³-hybridized carbons (Fsp3) is 1.00. The van der Waals surface area contributed by atoms with Crippen LogP contribution in [0.4, 0.5) is 0 Å². The Labute approximate surface area is 117 Å². The zero-order valence-corrected chi connectivity index (χ0v) is 13.2. The van der Waals surface area contributed by atoms with Gasteiger partial charge >= 0.3 is 0 Å². The minimum Gasteiger partial charge on any atom is -0.298 e. The Morgan fingerprint density at radius 1 is 1.22 bits per heavy atom. The van der Waals surface area contributed by atoms with Gasteiger partial charge in [0.25, 0.3) is 0 Å². The van der Waals surface area contributed by atoms with Crippen LogP contribution in [-0.2, 0) is 0 Å². The van der Waals surface area contributed by atoms with Crippen LogP contribution in [0.25, 0.3) is 0 Å². The molecule has 106 valence electrons. The quantitative estimate of drug-likeness (QED) is 0.709. The Kier molecular flexibility index (Phi) is 5.84. The van der Waals surface area contributed by atoms with Gasteiger partial charge in [-0.3, -0.25) is 9.80 Å². The van der Waals surface area contributed by atoms with Crippen molar-refractivity contribution < 1.29 is 0 Å². The Morgan fingerprint density at radius 2 is 2.06 bits per heavy atom. The smallest absolute Gasteiger partial charge is 0.0246 e. The number of rotatable bonds is 5. The lowest BCUT2D eigenvalue weighted by atomic mass is 9.92. The molecule has 0 aromatic carbocycles. The van der Waals surface area contributed by atoms with E-state index in [9.17, 15) is 0 Å². The second-order valence-electron chi connectivity index (χ2n) is 6.30. The molecule has 0 aromatic rings. The van der Waals surface area contributed by atoms with Gasteiger partial charge in [-0.1, -0.05) is 20.3 Å². The average Bonchev–Trinajstić information content (AvgIpc) is 2.38. The standard InChI is InChI=1S/C15H30N2S/c1-13(2)15-12-16-8-5-4-7-14(16)11-17(15)9-6-10-18-3/h13-15H,4-12H2,1-3H3. The molecule has 2 unspecified atom stereocenters. The van der Waals surface area contributed by atoms with Crippen LogP contribution in [0.5, 0.6) is 0 Å². The third-order valence-corrected chi connectivity index (χ3v) is 5.35. The van der Waals surface area contributed by atoms with E-state index < -0.39 is 0 Å². The second-order valence-corrected chi connectivity index (χ2v) is 7.28. The normalized spacial score (nSPS) is 30.7. The summed E-state index contributed by atoms with van der Waals surface area (Å²) >= 11 is 1.99. The summed E-state index contributed by atoms with van der Waals surface area (Å²) in [5.41, 5.74) is 0. The highest BCUT2D eigenvalue weighted by molar-refractivity contribution is 7.98. The minimum absolute atomic E-state index is 0.793. The first-order valence-electron chi connectivity index (χ1n) is 7.69. The molecular formula is C15H30N2S. The van der Waals surface area contributed by atoms with Crippen molar-refractivity contribution in [1.29, 1.82) is 0 Å². The summed E-state index contributed by atoms with van der Waals surface area (Å²) in [5.74, 6) is 2.11. The summed E-state index contributed by atoms with van der Waals surface area (Å²) in [6.07, 6.45) is 7.89. The second kappa shape index (κ2) is 7.16. The van der Waals surface area contributed by atoms with Gasteiger partial charge in [-0.15, -0.1) is 0 Å². The Hall–Kier alpha value is 0.270. The first kappa shape index (κ1) is 14.7. The molecule has 2 fully saturated rings. The molecule has 2 saturated heterocycles. The van der Waals surface area contributed by atoms with Crippen molar-refractivity contribution >= 4 is 11.8 Å². The van der Waals surface area contributed by atoms with Crippen LogP contribution in [0.3, 0.4) is 0 Å². The van der Waals surface area contributed by atoms with Crippen molar-refractivity contribution in [3.63, 3.8) is 0 Å². The van der Waals surface area contributed by atoms with E-state index in [0.29, 0.717) is 0 Å². The van der Waals surface area contributed by atoms with Gasteiger partial charge in [0, 0.05) is 25.2 Å². The van der Waals surface area contributed by atoms with E-state index in [0.717, 1.165) is 18.0 Å². The highest BCUT2D eigenvalue weighted by Crippen LogP contribution is 2.27. The Balaban J connectivity index is 1.92. The highest BCUT2D eigenvalue weighted by atomic mass is 32.2. The first-order valence-corrected chi connectivity index (χ1v) is 9.08. The lowest BCUT2D eigenvalue weighted by molar-refractivity contribution is -0.00708. The van der Waals surface area contributed by atoms with Crippen molar-refractivity contribution in [2.75, 3.05) is 38.2 Å². The zero-order chi connectivity index (χ0) is 13.0. The molecule has 0 aliphatic carbocycles. The molecule has 0 radical (unpaired) electrons. The van der Waals surface area contributed by atoms with Crippen molar-refractivity contribution in [2.45, 2.75) is 51.6 Å². The number of nitrogens with zero attached hydrogens (tertiary/aromatic N) is 2. The van der Waals surface area contributed by atoms with Gasteiger partial charge in [-0.2, -0.15) is 11.8 Å². The molecule has 3 heteroatoms. The highest BCUT2D eigenvalue weighted by Gasteiger charge is 2.35. The van der Waals surface area contributed by atoms with Gasteiger partial charge in [0.1, 0.15) is 0 Å². The molecular weight excluding hydrogens is 240 g/mol. The number of piperidine rings is 1. The largest absolute Gasteiger partial charge is 0.298 e. The van der Waals surface area contributed by atoms with E-state index in [4.69, 9.17) is 0 Å². The SMILES string of the molecule is CSCCCN1CC2CCCCN2CC1C(C)C. The molecule has 2 aliphatic heterocycles. The summed E-state index contributed by atoms with van der Waals surface area (Å²) in [5, 5.41) is 0. The summed E-state index contributed by atoms with van der Waals surface area (Å²) in [6.45, 7) is 10.1. The molecule has 2 rings (SSSR count). The molecule has 2 heterocycles. The lowest BCUT2D eigenvalue weighted by Gasteiger charge is -2.50. The van der Waals surface area contributed by atoms with E-state index in [1.165, 1.54) is 57.6 Å². The molecule has 0 aromatic heterocycles. The minimum atomic E-state index is 0.793. The fourth-order valence-electron chi connectivity index (χ4n) is 3.57. The molecule has 0 amide bonds. The van der Waals surface area contributed by atoms with E-state index in [1.54, 1.807) is 0 Å². The van der Waals surface area contributed by atoms with Gasteiger partial charge < -0.3 is 0 Å². The number of fused-ring (bicyclic) bond motifs is 1. The van der Waals surface area contributed by atoms with E-state index in [1.807, 2.05) is 11.8 Å². The van der Waals surface area contributed by atoms with Gasteiger partial charge in [0.15, 0.2) is 0 Å². The third kappa shape index (κ3) is 3.64. The topological polar surface area (TPSA) is 6.48 Å². The van der Waals surface area contributed by atoms with Crippen LogP contribution in [0.1, 0.15) is 39.5 Å². The van der Waals surface area contributed by atoms with E-state index >= 15 is 0 Å². The van der Waals surface area contributed by atoms with Gasteiger partial charge in [0.2, 0.25) is 0 Å². The number of hydrogen-bond donors (Lipinski definition) is 0. The molecule has 0 bridgehead atoms. The van der Waals surface area contributed by atoms with Gasteiger partial charge in [-0.25, -0.2) is 0 Å². The van der Waals surface area contributed by atoms with Crippen LogP contribution in [-0.4, -0.2) is 60.1 Å². The predicted octanol–water partition coefficient (Wildman–Crippen LogP) is 2.93. The van der Waals surface area contributed by atoms with Crippen molar-refractivity contribution in [3.05, 3.63) is 0 Å². The maximum Gasteiger partial charge on any atom is 0.0246 e. The van der Waals surface area contributed by atoms with Crippen molar-refractivity contribution in [1.82, 2.24) is 9.80 Å².